The third-order valence-corrected chi connectivity index (χ3v) is 4.21. The molecule has 0 saturated heterocycles. The number of imidazole rings is 1. The summed E-state index contributed by atoms with van der Waals surface area (Å²) in [6, 6.07) is 13.6. The lowest BCUT2D eigenvalue weighted by Gasteiger charge is -2.10. The fourth-order valence-corrected chi connectivity index (χ4v) is 2.61. The number of rotatable bonds is 4. The molecule has 1 unspecified atom stereocenters. The Labute approximate surface area is 136 Å². The number of carbonyl (C=O) groups is 1. The Hall–Kier alpha value is -2.62. The summed E-state index contributed by atoms with van der Waals surface area (Å²) in [6.45, 7) is 6.28. The van der Waals surface area contributed by atoms with E-state index in [-0.39, 0.29) is 5.91 Å². The van der Waals surface area contributed by atoms with Gasteiger partial charge in [0.1, 0.15) is 5.82 Å². The second-order valence-electron chi connectivity index (χ2n) is 5.94. The van der Waals surface area contributed by atoms with Crippen LogP contribution in [0.5, 0.6) is 0 Å². The molecule has 2 N–H and O–H groups in total. The number of carbonyl (C=O) groups excluding carboxylic acids is 1. The normalized spacial score (nSPS) is 12.3. The van der Waals surface area contributed by atoms with Gasteiger partial charge in [0.2, 0.25) is 0 Å². The minimum absolute atomic E-state index is 0.115. The summed E-state index contributed by atoms with van der Waals surface area (Å²) in [7, 11) is 0. The predicted octanol–water partition coefficient (Wildman–Crippen LogP) is 4.64. The third-order valence-electron chi connectivity index (χ3n) is 4.21. The lowest BCUT2D eigenvalue weighted by molar-refractivity contribution is 0.102. The quantitative estimate of drug-likeness (QED) is 0.738. The molecule has 0 fully saturated rings. The second-order valence-corrected chi connectivity index (χ2v) is 5.94. The third kappa shape index (κ3) is 3.26. The average Bonchev–Trinajstić information content (AvgIpc) is 2.93. The summed E-state index contributed by atoms with van der Waals surface area (Å²) in [5.41, 5.74) is 4.47. The van der Waals surface area contributed by atoms with Gasteiger partial charge in [-0.15, -0.1) is 0 Å². The minimum Gasteiger partial charge on any atom is -0.342 e. The first-order valence-electron chi connectivity index (χ1n) is 7.94. The van der Waals surface area contributed by atoms with Crippen LogP contribution < -0.4 is 5.32 Å². The topological polar surface area (TPSA) is 57.8 Å². The molecule has 23 heavy (non-hydrogen) atoms. The number of nitrogens with zero attached hydrogens (tertiary/aromatic N) is 1. The van der Waals surface area contributed by atoms with Gasteiger partial charge in [-0.2, -0.15) is 0 Å². The lowest BCUT2D eigenvalue weighted by atomic mass is 9.98. The van der Waals surface area contributed by atoms with E-state index in [1.807, 2.05) is 31.2 Å². The minimum atomic E-state index is -0.115. The van der Waals surface area contributed by atoms with Crippen molar-refractivity contribution in [3.05, 3.63) is 59.4 Å². The van der Waals surface area contributed by atoms with E-state index in [4.69, 9.17) is 0 Å². The molecular weight excluding hydrogens is 286 g/mol. The van der Waals surface area contributed by atoms with E-state index in [2.05, 4.69) is 41.3 Å². The molecule has 0 aliphatic carbocycles. The van der Waals surface area contributed by atoms with Gasteiger partial charge < -0.3 is 10.3 Å². The number of amides is 1. The Morgan fingerprint density at radius 2 is 1.96 bits per heavy atom. The van der Waals surface area contributed by atoms with E-state index >= 15 is 0 Å². The molecular formula is C19H21N3O. The van der Waals surface area contributed by atoms with Crippen LogP contribution in [-0.4, -0.2) is 15.9 Å². The predicted molar refractivity (Wildman–Crippen MR) is 93.9 cm³/mol. The number of hydrogen-bond donors (Lipinski definition) is 2. The van der Waals surface area contributed by atoms with Crippen LogP contribution in [0.25, 0.3) is 11.0 Å². The van der Waals surface area contributed by atoms with Gasteiger partial charge in [-0.05, 0) is 55.2 Å². The molecule has 0 aliphatic rings. The molecule has 0 bridgehead atoms. The summed E-state index contributed by atoms with van der Waals surface area (Å²) in [4.78, 5) is 19.9. The zero-order chi connectivity index (χ0) is 16.4. The van der Waals surface area contributed by atoms with E-state index in [1.165, 1.54) is 5.56 Å². The molecule has 4 heteroatoms. The van der Waals surface area contributed by atoms with Crippen LogP contribution in [0, 0.1) is 6.92 Å². The first kappa shape index (κ1) is 15.3. The molecule has 1 aromatic heterocycles. The van der Waals surface area contributed by atoms with Gasteiger partial charge in [-0.1, -0.05) is 26.0 Å². The Balaban J connectivity index is 1.77. The van der Waals surface area contributed by atoms with Crippen LogP contribution >= 0.6 is 0 Å². The molecule has 0 saturated carbocycles. The van der Waals surface area contributed by atoms with Crippen molar-refractivity contribution in [2.75, 3.05) is 5.32 Å². The number of aromatic amines is 1. The van der Waals surface area contributed by atoms with Crippen LogP contribution in [0.2, 0.25) is 0 Å². The van der Waals surface area contributed by atoms with E-state index < -0.39 is 0 Å². The van der Waals surface area contributed by atoms with Crippen LogP contribution in [-0.2, 0) is 0 Å². The van der Waals surface area contributed by atoms with E-state index in [1.54, 1.807) is 6.07 Å². The van der Waals surface area contributed by atoms with Crippen molar-refractivity contribution in [1.29, 1.82) is 0 Å². The highest BCUT2D eigenvalue weighted by atomic mass is 16.1. The average molecular weight is 307 g/mol. The molecule has 2 aromatic carbocycles. The van der Waals surface area contributed by atoms with Crippen molar-refractivity contribution in [1.82, 2.24) is 9.97 Å². The van der Waals surface area contributed by atoms with Crippen molar-refractivity contribution in [3.63, 3.8) is 0 Å². The van der Waals surface area contributed by atoms with Crippen molar-refractivity contribution >= 4 is 22.6 Å². The molecule has 4 nitrogen and oxygen atoms in total. The zero-order valence-corrected chi connectivity index (χ0v) is 13.7. The van der Waals surface area contributed by atoms with Crippen LogP contribution in [0.3, 0.4) is 0 Å². The Morgan fingerprint density at radius 1 is 1.22 bits per heavy atom. The van der Waals surface area contributed by atoms with Gasteiger partial charge >= 0.3 is 0 Å². The molecule has 3 aromatic rings. The highest BCUT2D eigenvalue weighted by Crippen LogP contribution is 2.21. The van der Waals surface area contributed by atoms with Crippen LogP contribution in [0.15, 0.2) is 42.5 Å². The molecule has 0 spiro atoms. The van der Waals surface area contributed by atoms with Gasteiger partial charge in [0.05, 0.1) is 11.0 Å². The zero-order valence-electron chi connectivity index (χ0n) is 13.7. The van der Waals surface area contributed by atoms with Crippen molar-refractivity contribution in [3.8, 4) is 0 Å². The molecule has 1 heterocycles. The van der Waals surface area contributed by atoms with Crippen molar-refractivity contribution in [2.45, 2.75) is 33.1 Å². The monoisotopic (exact) mass is 307 g/mol. The molecule has 0 aliphatic heterocycles. The number of aryl methyl sites for hydroxylation is 1. The number of nitrogens with one attached hydrogen (secondary N) is 2. The Morgan fingerprint density at radius 3 is 2.65 bits per heavy atom. The van der Waals surface area contributed by atoms with Gasteiger partial charge in [-0.25, -0.2) is 4.98 Å². The largest absolute Gasteiger partial charge is 0.342 e. The summed E-state index contributed by atoms with van der Waals surface area (Å²) in [5, 5.41) is 2.94. The standard InChI is InChI=1S/C19H21N3O/c1-4-12(2)14-5-8-16(9-6-14)22-19(23)15-7-10-17-18(11-15)21-13(3)20-17/h5-12H,4H2,1-3H3,(H,20,21)(H,22,23). The number of aromatic nitrogens is 2. The van der Waals surface area contributed by atoms with E-state index in [0.717, 1.165) is 29.0 Å². The molecule has 0 radical (unpaired) electrons. The summed E-state index contributed by atoms with van der Waals surface area (Å²) >= 11 is 0. The first-order valence-corrected chi connectivity index (χ1v) is 7.94. The fraction of sp³-hybridized carbons (Fsp3) is 0.263. The highest BCUT2D eigenvalue weighted by molar-refractivity contribution is 6.05. The second kappa shape index (κ2) is 6.24. The number of anilines is 1. The first-order chi connectivity index (χ1) is 11.1. The Kier molecular flexibility index (Phi) is 4.15. The number of benzene rings is 2. The SMILES string of the molecule is CCC(C)c1ccc(NC(=O)c2ccc3nc(C)[nH]c3c2)cc1. The van der Waals surface area contributed by atoms with E-state index in [9.17, 15) is 4.79 Å². The van der Waals surface area contributed by atoms with Gasteiger partial charge in [-0.3, -0.25) is 4.79 Å². The number of fused-ring (bicyclic) bond motifs is 1. The molecule has 118 valence electrons. The molecule has 1 amide bonds. The van der Waals surface area contributed by atoms with Crippen LogP contribution in [0.4, 0.5) is 5.69 Å². The van der Waals surface area contributed by atoms with Gasteiger partial charge in [0.15, 0.2) is 0 Å². The molecule has 1 atom stereocenters. The summed E-state index contributed by atoms with van der Waals surface area (Å²) < 4.78 is 0. The molecule has 3 rings (SSSR count). The van der Waals surface area contributed by atoms with Crippen LogP contribution in [0.1, 0.15) is 47.9 Å². The van der Waals surface area contributed by atoms with Crippen molar-refractivity contribution < 1.29 is 4.79 Å². The maximum atomic E-state index is 12.4. The van der Waals surface area contributed by atoms with E-state index in [0.29, 0.717) is 11.5 Å². The summed E-state index contributed by atoms with van der Waals surface area (Å²) in [6.07, 6.45) is 1.11. The van der Waals surface area contributed by atoms with Gasteiger partial charge in [0, 0.05) is 11.3 Å². The Bertz CT molecular complexity index is 833. The number of H-pyrrole nitrogens is 1. The van der Waals surface area contributed by atoms with Crippen molar-refractivity contribution in [2.24, 2.45) is 0 Å². The summed E-state index contributed by atoms with van der Waals surface area (Å²) in [5.74, 6) is 1.26. The maximum absolute atomic E-state index is 12.4. The fourth-order valence-electron chi connectivity index (χ4n) is 2.61. The maximum Gasteiger partial charge on any atom is 0.255 e. The van der Waals surface area contributed by atoms with Gasteiger partial charge in [0.25, 0.3) is 5.91 Å². The lowest BCUT2D eigenvalue weighted by Crippen LogP contribution is -2.11. The smallest absolute Gasteiger partial charge is 0.255 e. The highest BCUT2D eigenvalue weighted by Gasteiger charge is 2.09. The number of hydrogen-bond acceptors (Lipinski definition) is 2.